The normalized spacial score (nSPS) is 16.0. The molecule has 0 saturated carbocycles. The zero-order chi connectivity index (χ0) is 7.07. The lowest BCUT2D eigenvalue weighted by Gasteiger charge is -1.88. The summed E-state index contributed by atoms with van der Waals surface area (Å²) in [6, 6.07) is 0. The molecule has 1 aliphatic rings. The Labute approximate surface area is 62.3 Å². The summed E-state index contributed by atoms with van der Waals surface area (Å²) >= 11 is 0. The second-order valence-corrected chi connectivity index (χ2v) is 2.18. The third kappa shape index (κ3) is 3.00. The smallest absolute Gasteiger partial charge is 0.00925 e. The zero-order valence-corrected chi connectivity index (χ0v) is 5.98. The van der Waals surface area contributed by atoms with Crippen molar-refractivity contribution in [2.45, 2.75) is 25.7 Å². The van der Waals surface area contributed by atoms with Gasteiger partial charge in [-0.1, -0.05) is 23.7 Å². The molecule has 0 fully saturated rings. The van der Waals surface area contributed by atoms with Gasteiger partial charge in [-0.25, -0.2) is 0 Å². The van der Waals surface area contributed by atoms with Crippen LogP contribution in [0.2, 0.25) is 0 Å². The second kappa shape index (κ2) is 4.71. The lowest BCUT2D eigenvalue weighted by molar-refractivity contribution is 0.782. The predicted molar refractivity (Wildman–Crippen MR) is 43.2 cm³/mol. The predicted octanol–water partition coefficient (Wildman–Crippen LogP) is 2.12. The van der Waals surface area contributed by atoms with Crippen LogP contribution in [0.1, 0.15) is 25.7 Å². The molecule has 0 radical (unpaired) electrons. The van der Waals surface area contributed by atoms with Crippen LogP contribution in [-0.4, -0.2) is 0 Å². The van der Waals surface area contributed by atoms with Gasteiger partial charge < -0.3 is 0 Å². The van der Waals surface area contributed by atoms with Gasteiger partial charge in [0.1, 0.15) is 0 Å². The highest BCUT2D eigenvalue weighted by atomic mass is 13.9. The van der Waals surface area contributed by atoms with Gasteiger partial charge in [0.15, 0.2) is 0 Å². The first-order chi connectivity index (χ1) is 5.00. The van der Waals surface area contributed by atoms with E-state index in [0.29, 0.717) is 0 Å². The highest BCUT2D eigenvalue weighted by Crippen LogP contribution is 1.97. The first-order valence-electron chi connectivity index (χ1n) is 3.62. The molecule has 1 aliphatic carbocycles. The van der Waals surface area contributed by atoms with Crippen molar-refractivity contribution in [1.82, 2.24) is 0 Å². The molecule has 0 nitrogen and oxygen atoms in total. The molecule has 1 rings (SSSR count). The van der Waals surface area contributed by atoms with Crippen LogP contribution in [0, 0.1) is 23.7 Å². The maximum atomic E-state index is 3.05. The van der Waals surface area contributed by atoms with Crippen molar-refractivity contribution in [3.05, 3.63) is 12.2 Å². The van der Waals surface area contributed by atoms with Gasteiger partial charge in [0, 0.05) is 12.8 Å². The van der Waals surface area contributed by atoms with E-state index in [9.17, 15) is 0 Å². The Morgan fingerprint density at radius 1 is 0.800 bits per heavy atom. The Kier molecular flexibility index (Phi) is 3.29. The van der Waals surface area contributed by atoms with Crippen molar-refractivity contribution in [3.63, 3.8) is 0 Å². The maximum Gasteiger partial charge on any atom is 0.00925 e. The molecule has 0 unspecified atom stereocenters. The highest BCUT2D eigenvalue weighted by Gasteiger charge is 1.82. The fraction of sp³-hybridized carbons (Fsp3) is 0.400. The molecule has 0 aliphatic heterocycles. The molecule has 0 aromatic rings. The summed E-state index contributed by atoms with van der Waals surface area (Å²) in [6.45, 7) is 0. The summed E-state index contributed by atoms with van der Waals surface area (Å²) in [5, 5.41) is 0. The lowest BCUT2D eigenvalue weighted by Crippen LogP contribution is -1.73. The van der Waals surface area contributed by atoms with Crippen LogP contribution in [0.15, 0.2) is 12.2 Å². The Bertz CT molecular complexity index is 198. The molecule has 0 heterocycles. The minimum absolute atomic E-state index is 1.02. The summed E-state index contributed by atoms with van der Waals surface area (Å²) in [4.78, 5) is 0. The molecule has 50 valence electrons. The molecule has 0 heteroatoms. The van der Waals surface area contributed by atoms with Crippen molar-refractivity contribution in [1.29, 1.82) is 0 Å². The first-order valence-corrected chi connectivity index (χ1v) is 3.62. The largest absolute Gasteiger partial charge is 0.0985 e. The third-order valence-corrected chi connectivity index (χ3v) is 1.31. The van der Waals surface area contributed by atoms with Gasteiger partial charge in [0.05, 0.1) is 0 Å². The number of hydrogen-bond donors (Lipinski definition) is 0. The SMILES string of the molecule is C1#CCCCCC#CC=C1. The van der Waals surface area contributed by atoms with Crippen molar-refractivity contribution in [2.75, 3.05) is 0 Å². The van der Waals surface area contributed by atoms with Gasteiger partial charge in [0.25, 0.3) is 0 Å². The van der Waals surface area contributed by atoms with E-state index in [1.54, 1.807) is 0 Å². The molecular weight excluding hydrogens is 120 g/mol. The standard InChI is InChI=1S/C10H10/c1-2-4-6-8-10-9-7-5-3-1/h1-2H,7-10H2. The second-order valence-electron chi connectivity index (χ2n) is 2.18. The molecule has 0 spiro atoms. The highest BCUT2D eigenvalue weighted by molar-refractivity contribution is 5.25. The molecular formula is C10H10. The first kappa shape index (κ1) is 6.97. The van der Waals surface area contributed by atoms with Gasteiger partial charge in [-0.3, -0.25) is 0 Å². The van der Waals surface area contributed by atoms with Crippen LogP contribution in [0.25, 0.3) is 0 Å². The van der Waals surface area contributed by atoms with Gasteiger partial charge in [-0.15, -0.1) is 0 Å². The third-order valence-electron chi connectivity index (χ3n) is 1.31. The van der Waals surface area contributed by atoms with E-state index in [1.165, 1.54) is 12.8 Å². The molecule has 0 aromatic carbocycles. The van der Waals surface area contributed by atoms with Crippen molar-refractivity contribution in [3.8, 4) is 23.7 Å². The summed E-state index contributed by atoms with van der Waals surface area (Å²) in [5.74, 6) is 11.9. The molecule has 0 N–H and O–H groups in total. The average Bonchev–Trinajstić information content (AvgIpc) is 2.01. The van der Waals surface area contributed by atoms with Crippen LogP contribution in [-0.2, 0) is 0 Å². The molecule has 10 heavy (non-hydrogen) atoms. The van der Waals surface area contributed by atoms with E-state index in [-0.39, 0.29) is 0 Å². The van der Waals surface area contributed by atoms with Crippen LogP contribution < -0.4 is 0 Å². The minimum atomic E-state index is 1.02. The van der Waals surface area contributed by atoms with Crippen LogP contribution in [0.3, 0.4) is 0 Å². The monoisotopic (exact) mass is 130 g/mol. The van der Waals surface area contributed by atoms with E-state index in [0.717, 1.165) is 12.8 Å². The van der Waals surface area contributed by atoms with Gasteiger partial charge >= 0.3 is 0 Å². The summed E-state index contributed by atoms with van der Waals surface area (Å²) < 4.78 is 0. The molecule has 0 amide bonds. The molecule has 0 aromatic heterocycles. The van der Waals surface area contributed by atoms with Crippen molar-refractivity contribution < 1.29 is 0 Å². The van der Waals surface area contributed by atoms with Crippen LogP contribution in [0.4, 0.5) is 0 Å². The molecule has 0 atom stereocenters. The van der Waals surface area contributed by atoms with E-state index in [4.69, 9.17) is 0 Å². The fourth-order valence-electron chi connectivity index (χ4n) is 0.772. The van der Waals surface area contributed by atoms with Gasteiger partial charge in [-0.05, 0) is 25.0 Å². The van der Waals surface area contributed by atoms with E-state index in [1.807, 2.05) is 12.2 Å². The lowest BCUT2D eigenvalue weighted by atomic mass is 10.2. The minimum Gasteiger partial charge on any atom is -0.0985 e. The summed E-state index contributed by atoms with van der Waals surface area (Å²) in [6.07, 6.45) is 8.06. The Morgan fingerprint density at radius 2 is 1.30 bits per heavy atom. The van der Waals surface area contributed by atoms with Crippen LogP contribution >= 0.6 is 0 Å². The average molecular weight is 130 g/mol. The number of hydrogen-bond acceptors (Lipinski definition) is 0. The van der Waals surface area contributed by atoms with E-state index in [2.05, 4.69) is 23.7 Å². The fourth-order valence-corrected chi connectivity index (χ4v) is 0.772. The van der Waals surface area contributed by atoms with E-state index >= 15 is 0 Å². The van der Waals surface area contributed by atoms with E-state index < -0.39 is 0 Å². The maximum absolute atomic E-state index is 3.05. The topological polar surface area (TPSA) is 0 Å². The number of allylic oxidation sites excluding steroid dienone is 2. The Morgan fingerprint density at radius 3 is 1.80 bits per heavy atom. The molecule has 0 saturated heterocycles. The number of rotatable bonds is 0. The Balaban J connectivity index is 2.51. The van der Waals surface area contributed by atoms with Crippen LogP contribution in [0.5, 0.6) is 0 Å². The summed E-state index contributed by atoms with van der Waals surface area (Å²) in [7, 11) is 0. The molecule has 0 bridgehead atoms. The Hall–Kier alpha value is -1.14. The quantitative estimate of drug-likeness (QED) is 0.441. The summed E-state index contributed by atoms with van der Waals surface area (Å²) in [5.41, 5.74) is 0. The van der Waals surface area contributed by atoms with Crippen molar-refractivity contribution >= 4 is 0 Å². The van der Waals surface area contributed by atoms with Gasteiger partial charge in [0.2, 0.25) is 0 Å². The van der Waals surface area contributed by atoms with Crippen molar-refractivity contribution in [2.24, 2.45) is 0 Å². The van der Waals surface area contributed by atoms with Gasteiger partial charge in [-0.2, -0.15) is 0 Å². The zero-order valence-electron chi connectivity index (χ0n) is 5.98.